The molecule has 0 spiro atoms. The molecule has 0 fully saturated rings. The van der Waals surface area contributed by atoms with E-state index in [9.17, 15) is 22.9 Å². The lowest BCUT2D eigenvalue weighted by molar-refractivity contribution is -0.385. The zero-order chi connectivity index (χ0) is 14.1. The molecule has 0 amide bonds. The fraction of sp³-hybridized carbons (Fsp3) is 0.455. The number of nitro benzene ring substituents is 1. The molecule has 0 atom stereocenters. The van der Waals surface area contributed by atoms with E-state index in [-0.39, 0.29) is 5.56 Å². The molecule has 18 heavy (non-hydrogen) atoms. The molecule has 7 heteroatoms. The van der Waals surface area contributed by atoms with Crippen molar-refractivity contribution in [3.63, 3.8) is 0 Å². The van der Waals surface area contributed by atoms with E-state index in [1.165, 1.54) is 20.8 Å². The van der Waals surface area contributed by atoms with Gasteiger partial charge in [-0.05, 0) is 32.4 Å². The highest BCUT2D eigenvalue weighted by atomic mass is 32.2. The van der Waals surface area contributed by atoms with Gasteiger partial charge in [-0.25, -0.2) is 12.8 Å². The van der Waals surface area contributed by atoms with Gasteiger partial charge in [0.2, 0.25) is 0 Å². The summed E-state index contributed by atoms with van der Waals surface area (Å²) < 4.78 is 36.0. The van der Waals surface area contributed by atoms with Crippen LogP contribution in [0.15, 0.2) is 18.2 Å². The predicted octanol–water partition coefficient (Wildman–Crippen LogP) is 2.45. The second-order valence-corrected chi connectivity index (χ2v) is 7.69. The minimum Gasteiger partial charge on any atom is -0.258 e. The predicted molar refractivity (Wildman–Crippen MR) is 65.4 cm³/mol. The average molecular weight is 275 g/mol. The first-order valence-electron chi connectivity index (χ1n) is 5.19. The maximum Gasteiger partial charge on any atom is 0.272 e. The normalized spacial score (nSPS) is 12.4. The third-order valence-corrected chi connectivity index (χ3v) is 5.02. The van der Waals surface area contributed by atoms with Crippen LogP contribution < -0.4 is 0 Å². The standard InChI is InChI=1S/C11H14FNO4S/c1-11(2,3)18(16,17)7-8-4-9(12)6-10(5-8)13(14)15/h4-6H,7H2,1-3H3. The van der Waals surface area contributed by atoms with Gasteiger partial charge in [-0.2, -0.15) is 0 Å². The summed E-state index contributed by atoms with van der Waals surface area (Å²) in [5.74, 6) is -1.24. The molecule has 1 aromatic rings. The van der Waals surface area contributed by atoms with Crippen molar-refractivity contribution in [1.82, 2.24) is 0 Å². The summed E-state index contributed by atoms with van der Waals surface area (Å²) >= 11 is 0. The topological polar surface area (TPSA) is 77.3 Å². The molecule has 0 radical (unpaired) electrons. The Balaban J connectivity index is 3.17. The van der Waals surface area contributed by atoms with Gasteiger partial charge in [0.05, 0.1) is 21.5 Å². The van der Waals surface area contributed by atoms with Gasteiger partial charge in [0.25, 0.3) is 5.69 Å². The molecule has 0 aliphatic heterocycles. The summed E-state index contributed by atoms with van der Waals surface area (Å²) in [5, 5.41) is 10.6. The first-order valence-corrected chi connectivity index (χ1v) is 6.84. The first kappa shape index (κ1) is 14.6. The smallest absolute Gasteiger partial charge is 0.258 e. The van der Waals surface area contributed by atoms with Crippen molar-refractivity contribution in [2.45, 2.75) is 31.3 Å². The molecule has 0 N–H and O–H groups in total. The molecule has 0 aromatic heterocycles. The highest BCUT2D eigenvalue weighted by molar-refractivity contribution is 7.91. The highest BCUT2D eigenvalue weighted by Gasteiger charge is 2.29. The number of benzene rings is 1. The molecule has 0 unspecified atom stereocenters. The molecule has 0 saturated heterocycles. The highest BCUT2D eigenvalue weighted by Crippen LogP contribution is 2.23. The van der Waals surface area contributed by atoms with Crippen LogP contribution in [0.3, 0.4) is 0 Å². The number of non-ortho nitro benzene ring substituents is 1. The van der Waals surface area contributed by atoms with Crippen LogP contribution in [0, 0.1) is 15.9 Å². The fourth-order valence-corrected chi connectivity index (χ4v) is 2.30. The maximum absolute atomic E-state index is 13.2. The Labute approximate surface area is 105 Å². The lowest BCUT2D eigenvalue weighted by atomic mass is 10.2. The van der Waals surface area contributed by atoms with Gasteiger partial charge in [0, 0.05) is 6.07 Å². The van der Waals surface area contributed by atoms with E-state index in [4.69, 9.17) is 0 Å². The second-order valence-electron chi connectivity index (χ2n) is 4.95. The van der Waals surface area contributed by atoms with Crippen molar-refractivity contribution in [3.05, 3.63) is 39.7 Å². The molecule has 0 aliphatic carbocycles. The number of halogens is 1. The van der Waals surface area contributed by atoms with Crippen LogP contribution in [0.1, 0.15) is 26.3 Å². The van der Waals surface area contributed by atoms with E-state index < -0.39 is 36.8 Å². The maximum atomic E-state index is 13.2. The van der Waals surface area contributed by atoms with Gasteiger partial charge in [-0.3, -0.25) is 10.1 Å². The van der Waals surface area contributed by atoms with Crippen LogP contribution in [0.25, 0.3) is 0 Å². The lowest BCUT2D eigenvalue weighted by Gasteiger charge is -2.19. The number of sulfone groups is 1. The summed E-state index contributed by atoms with van der Waals surface area (Å²) in [4.78, 5) is 9.80. The van der Waals surface area contributed by atoms with Crippen LogP contribution in [0.5, 0.6) is 0 Å². The number of rotatable bonds is 3. The number of nitrogens with zero attached hydrogens (tertiary/aromatic N) is 1. The van der Waals surface area contributed by atoms with Gasteiger partial charge in [-0.1, -0.05) is 0 Å². The van der Waals surface area contributed by atoms with E-state index in [1.807, 2.05) is 0 Å². The molecule has 0 heterocycles. The Bertz CT molecular complexity index is 575. The quantitative estimate of drug-likeness (QED) is 0.627. The zero-order valence-corrected chi connectivity index (χ0v) is 11.1. The summed E-state index contributed by atoms with van der Waals surface area (Å²) in [6.45, 7) is 4.57. The molecule has 0 saturated carbocycles. The zero-order valence-electron chi connectivity index (χ0n) is 10.3. The van der Waals surface area contributed by atoms with Crippen LogP contribution in [-0.4, -0.2) is 18.1 Å². The lowest BCUT2D eigenvalue weighted by Crippen LogP contribution is -2.29. The largest absolute Gasteiger partial charge is 0.272 e. The average Bonchev–Trinajstić information content (AvgIpc) is 2.13. The van der Waals surface area contributed by atoms with Crippen LogP contribution in [-0.2, 0) is 15.6 Å². The molecule has 1 aromatic carbocycles. The Morgan fingerprint density at radius 2 is 1.83 bits per heavy atom. The van der Waals surface area contributed by atoms with E-state index >= 15 is 0 Å². The van der Waals surface area contributed by atoms with Gasteiger partial charge >= 0.3 is 0 Å². The van der Waals surface area contributed by atoms with Crippen molar-refractivity contribution < 1.29 is 17.7 Å². The van der Waals surface area contributed by atoms with Gasteiger partial charge in [0.1, 0.15) is 5.82 Å². The monoisotopic (exact) mass is 275 g/mol. The number of hydrogen-bond donors (Lipinski definition) is 0. The summed E-state index contributed by atoms with van der Waals surface area (Å²) in [6.07, 6.45) is 0. The number of hydrogen-bond acceptors (Lipinski definition) is 4. The fourth-order valence-electron chi connectivity index (χ4n) is 1.26. The van der Waals surface area contributed by atoms with E-state index in [1.54, 1.807) is 0 Å². The first-order chi connectivity index (χ1) is 8.03. The van der Waals surface area contributed by atoms with Crippen LogP contribution in [0.4, 0.5) is 10.1 Å². The third kappa shape index (κ3) is 3.25. The van der Waals surface area contributed by atoms with Crippen molar-refractivity contribution >= 4 is 15.5 Å². The molecular weight excluding hydrogens is 261 g/mol. The Kier molecular flexibility index (Phi) is 3.75. The molecule has 0 bridgehead atoms. The van der Waals surface area contributed by atoms with E-state index in [0.717, 1.165) is 18.2 Å². The van der Waals surface area contributed by atoms with E-state index in [0.29, 0.717) is 0 Å². The third-order valence-electron chi connectivity index (χ3n) is 2.44. The molecule has 1 rings (SSSR count). The SMILES string of the molecule is CC(C)(C)S(=O)(=O)Cc1cc(F)cc([N+](=O)[O-])c1. The van der Waals surface area contributed by atoms with Crippen LogP contribution in [0.2, 0.25) is 0 Å². The Hall–Kier alpha value is -1.50. The minimum atomic E-state index is -3.50. The van der Waals surface area contributed by atoms with Crippen molar-refractivity contribution in [3.8, 4) is 0 Å². The Morgan fingerprint density at radius 1 is 1.28 bits per heavy atom. The Morgan fingerprint density at radius 3 is 2.28 bits per heavy atom. The second kappa shape index (κ2) is 4.64. The summed E-state index contributed by atoms with van der Waals surface area (Å²) in [6, 6.07) is 2.83. The van der Waals surface area contributed by atoms with Crippen molar-refractivity contribution in [1.29, 1.82) is 0 Å². The summed E-state index contributed by atoms with van der Waals surface area (Å²) in [5.41, 5.74) is -0.370. The molecule has 5 nitrogen and oxygen atoms in total. The van der Waals surface area contributed by atoms with E-state index in [2.05, 4.69) is 0 Å². The molecule has 0 aliphatic rings. The van der Waals surface area contributed by atoms with Crippen molar-refractivity contribution in [2.75, 3.05) is 0 Å². The van der Waals surface area contributed by atoms with Gasteiger partial charge < -0.3 is 0 Å². The number of nitro groups is 1. The molecule has 100 valence electrons. The van der Waals surface area contributed by atoms with Crippen LogP contribution >= 0.6 is 0 Å². The van der Waals surface area contributed by atoms with Crippen molar-refractivity contribution in [2.24, 2.45) is 0 Å². The van der Waals surface area contributed by atoms with Gasteiger partial charge in [0.15, 0.2) is 9.84 Å². The molecular formula is C11H14FNO4S. The minimum absolute atomic E-state index is 0.0802. The summed E-state index contributed by atoms with van der Waals surface area (Å²) in [7, 11) is -3.50. The van der Waals surface area contributed by atoms with Gasteiger partial charge in [-0.15, -0.1) is 0 Å².